The van der Waals surface area contributed by atoms with Gasteiger partial charge in [-0.3, -0.25) is 4.72 Å². The molecule has 0 fully saturated rings. The zero-order chi connectivity index (χ0) is 24.5. The topological polar surface area (TPSA) is 99.0 Å². The quantitative estimate of drug-likeness (QED) is 0.411. The predicted molar refractivity (Wildman–Crippen MR) is 122 cm³/mol. The first kappa shape index (κ1) is 23.3. The first-order chi connectivity index (χ1) is 16.1. The molecule has 0 bridgehead atoms. The fraction of sp³-hybridized carbons (Fsp3) is 0.174. The monoisotopic (exact) mass is 485 g/mol. The molecule has 2 heterocycles. The maximum absolute atomic E-state index is 13.8. The molecule has 0 spiro atoms. The van der Waals surface area contributed by atoms with Crippen LogP contribution in [0.5, 0.6) is 11.6 Å². The number of aromatic nitrogens is 4. The number of nitrogens with one attached hydrogen (secondary N) is 1. The van der Waals surface area contributed by atoms with E-state index in [4.69, 9.17) is 4.74 Å². The van der Waals surface area contributed by atoms with Crippen LogP contribution in [0.4, 0.5) is 14.5 Å². The third-order valence-electron chi connectivity index (χ3n) is 5.20. The molecule has 0 unspecified atom stereocenters. The van der Waals surface area contributed by atoms with Crippen LogP contribution in [-0.2, 0) is 15.8 Å². The molecule has 2 aromatic carbocycles. The molecule has 0 atom stereocenters. The lowest BCUT2D eigenvalue weighted by Gasteiger charge is -2.10. The fourth-order valence-corrected chi connectivity index (χ4v) is 4.41. The van der Waals surface area contributed by atoms with Crippen molar-refractivity contribution < 1.29 is 21.9 Å². The minimum atomic E-state index is -3.96. The van der Waals surface area contributed by atoms with Crippen LogP contribution in [0.15, 0.2) is 54.6 Å². The van der Waals surface area contributed by atoms with Gasteiger partial charge in [-0.1, -0.05) is 0 Å². The minimum Gasteiger partial charge on any atom is -0.438 e. The third-order valence-corrected chi connectivity index (χ3v) is 6.44. The van der Waals surface area contributed by atoms with Crippen molar-refractivity contribution in [3.63, 3.8) is 0 Å². The zero-order valence-corrected chi connectivity index (χ0v) is 19.4. The lowest BCUT2D eigenvalue weighted by atomic mass is 10.2. The first-order valence-electron chi connectivity index (χ1n) is 10.2. The Labute approximate surface area is 195 Å². The lowest BCUT2D eigenvalue weighted by molar-refractivity contribution is 0.454. The molecular formula is C23H21F2N5O3S. The van der Waals surface area contributed by atoms with Crippen molar-refractivity contribution in [1.29, 1.82) is 0 Å². The van der Waals surface area contributed by atoms with Gasteiger partial charge in [0.05, 0.1) is 11.4 Å². The summed E-state index contributed by atoms with van der Waals surface area (Å²) in [7, 11) is -3.96. The van der Waals surface area contributed by atoms with E-state index in [-0.39, 0.29) is 17.1 Å². The standard InChI is InChI=1S/C23H21F2N5O3S/c1-14-15(2)28-30(16(14)3)22-10-11-23(27-26-22)33-20-7-5-19(6-8-20)29-34(31,32)13-17-12-18(24)4-9-21(17)25/h4-12,29H,13H2,1-3H3. The molecule has 0 radical (unpaired) electrons. The van der Waals surface area contributed by atoms with Crippen LogP contribution in [0, 0.1) is 32.4 Å². The van der Waals surface area contributed by atoms with Crippen LogP contribution in [0.1, 0.15) is 22.5 Å². The molecule has 0 aliphatic carbocycles. The Morgan fingerprint density at radius 3 is 2.32 bits per heavy atom. The highest BCUT2D eigenvalue weighted by molar-refractivity contribution is 7.91. The molecule has 176 valence electrons. The number of anilines is 1. The van der Waals surface area contributed by atoms with Gasteiger partial charge in [-0.15, -0.1) is 10.2 Å². The van der Waals surface area contributed by atoms with Gasteiger partial charge in [-0.05, 0) is 74.9 Å². The molecule has 0 aliphatic heterocycles. The van der Waals surface area contributed by atoms with Crippen molar-refractivity contribution in [3.8, 4) is 17.4 Å². The molecule has 4 rings (SSSR count). The van der Waals surface area contributed by atoms with Crippen LogP contribution in [0.3, 0.4) is 0 Å². The smallest absolute Gasteiger partial charge is 0.238 e. The lowest BCUT2D eigenvalue weighted by Crippen LogP contribution is -2.16. The molecule has 4 aromatic rings. The summed E-state index contributed by atoms with van der Waals surface area (Å²) in [6, 6.07) is 12.1. The summed E-state index contributed by atoms with van der Waals surface area (Å²) in [6.45, 7) is 5.86. The van der Waals surface area contributed by atoms with Crippen LogP contribution < -0.4 is 9.46 Å². The number of hydrogen-bond acceptors (Lipinski definition) is 6. The molecule has 11 heteroatoms. The summed E-state index contributed by atoms with van der Waals surface area (Å²) in [5.41, 5.74) is 2.95. The van der Waals surface area contributed by atoms with Crippen molar-refractivity contribution in [1.82, 2.24) is 20.0 Å². The zero-order valence-electron chi connectivity index (χ0n) is 18.6. The van der Waals surface area contributed by atoms with Crippen molar-refractivity contribution >= 4 is 15.7 Å². The first-order valence-corrected chi connectivity index (χ1v) is 11.9. The van der Waals surface area contributed by atoms with Gasteiger partial charge < -0.3 is 4.74 Å². The molecule has 8 nitrogen and oxygen atoms in total. The van der Waals surface area contributed by atoms with Crippen LogP contribution in [0.2, 0.25) is 0 Å². The van der Waals surface area contributed by atoms with Gasteiger partial charge >= 0.3 is 0 Å². The fourth-order valence-electron chi connectivity index (χ4n) is 3.21. The van der Waals surface area contributed by atoms with Gasteiger partial charge in [0.25, 0.3) is 0 Å². The van der Waals surface area contributed by atoms with Crippen molar-refractivity contribution in [2.24, 2.45) is 0 Å². The van der Waals surface area contributed by atoms with Gasteiger partial charge in [-0.2, -0.15) is 5.10 Å². The number of benzene rings is 2. The number of ether oxygens (including phenoxy) is 1. The maximum atomic E-state index is 13.8. The molecule has 0 amide bonds. The highest BCUT2D eigenvalue weighted by Crippen LogP contribution is 2.23. The Hall–Kier alpha value is -3.86. The number of rotatable bonds is 7. The second-order valence-electron chi connectivity index (χ2n) is 7.66. The number of halogens is 2. The molecular weight excluding hydrogens is 464 g/mol. The second-order valence-corrected chi connectivity index (χ2v) is 9.38. The van der Waals surface area contributed by atoms with Crippen molar-refractivity contribution in [3.05, 3.63) is 88.7 Å². The average molecular weight is 486 g/mol. The average Bonchev–Trinajstić information content (AvgIpc) is 3.05. The molecule has 2 aromatic heterocycles. The Balaban J connectivity index is 1.41. The molecule has 0 saturated carbocycles. The predicted octanol–water partition coefficient (Wildman–Crippen LogP) is 4.60. The van der Waals surface area contributed by atoms with Gasteiger partial charge in [0.2, 0.25) is 15.9 Å². The van der Waals surface area contributed by atoms with Gasteiger partial charge in [0, 0.05) is 23.0 Å². The van der Waals surface area contributed by atoms with E-state index in [2.05, 4.69) is 20.0 Å². The number of sulfonamides is 1. The SMILES string of the molecule is Cc1nn(-c2ccc(Oc3ccc(NS(=O)(=O)Cc4cc(F)ccc4F)cc3)nn2)c(C)c1C. The largest absolute Gasteiger partial charge is 0.438 e. The van der Waals surface area contributed by atoms with Gasteiger partial charge in [0.1, 0.15) is 17.4 Å². The Kier molecular flexibility index (Phi) is 6.29. The second kappa shape index (κ2) is 9.18. The van der Waals surface area contributed by atoms with Crippen molar-refractivity contribution in [2.75, 3.05) is 4.72 Å². The highest BCUT2D eigenvalue weighted by atomic mass is 32.2. The summed E-state index contributed by atoms with van der Waals surface area (Å²) in [6.07, 6.45) is 0. The van der Waals surface area contributed by atoms with Crippen LogP contribution in [0.25, 0.3) is 5.82 Å². The van der Waals surface area contributed by atoms with Gasteiger partial charge in [-0.25, -0.2) is 21.9 Å². The summed E-state index contributed by atoms with van der Waals surface area (Å²) in [5.74, 6) is -1.00. The van der Waals surface area contributed by atoms with E-state index in [1.54, 1.807) is 28.9 Å². The Morgan fingerprint density at radius 2 is 1.71 bits per heavy atom. The van der Waals surface area contributed by atoms with Crippen LogP contribution in [-0.4, -0.2) is 28.4 Å². The van der Waals surface area contributed by atoms with Crippen molar-refractivity contribution in [2.45, 2.75) is 26.5 Å². The number of aryl methyl sites for hydroxylation is 1. The Morgan fingerprint density at radius 1 is 0.971 bits per heavy atom. The summed E-state index contributed by atoms with van der Waals surface area (Å²) in [5, 5.41) is 12.7. The van der Waals surface area contributed by atoms with E-state index in [9.17, 15) is 17.2 Å². The maximum Gasteiger partial charge on any atom is 0.238 e. The molecule has 0 aliphatic rings. The summed E-state index contributed by atoms with van der Waals surface area (Å²) < 4.78 is 61.5. The molecule has 34 heavy (non-hydrogen) atoms. The van der Waals surface area contributed by atoms with Crippen LogP contribution >= 0.6 is 0 Å². The van der Waals surface area contributed by atoms with E-state index in [1.165, 1.54) is 12.1 Å². The molecule has 0 saturated heterocycles. The van der Waals surface area contributed by atoms with E-state index in [1.807, 2.05) is 20.8 Å². The number of hydrogen-bond donors (Lipinski definition) is 1. The van der Waals surface area contributed by atoms with E-state index < -0.39 is 27.4 Å². The Bertz CT molecular complexity index is 1440. The van der Waals surface area contributed by atoms with Gasteiger partial charge in [0.15, 0.2) is 5.82 Å². The van der Waals surface area contributed by atoms with E-state index in [0.29, 0.717) is 11.6 Å². The minimum absolute atomic E-state index is 0.241. The normalized spacial score (nSPS) is 11.4. The summed E-state index contributed by atoms with van der Waals surface area (Å²) >= 11 is 0. The number of nitrogens with zero attached hydrogens (tertiary/aromatic N) is 4. The van der Waals surface area contributed by atoms with E-state index in [0.717, 1.165) is 35.2 Å². The third kappa shape index (κ3) is 5.20. The highest BCUT2D eigenvalue weighted by Gasteiger charge is 2.16. The molecule has 1 N–H and O–H groups in total. The van der Waals surface area contributed by atoms with E-state index >= 15 is 0 Å². The summed E-state index contributed by atoms with van der Waals surface area (Å²) in [4.78, 5) is 0.